The maximum absolute atomic E-state index is 12.4. The van der Waals surface area contributed by atoms with E-state index in [1.165, 1.54) is 18.6 Å². The zero-order valence-electron chi connectivity index (χ0n) is 12.6. The third kappa shape index (κ3) is 3.90. The van der Waals surface area contributed by atoms with E-state index in [4.69, 9.17) is 0 Å². The summed E-state index contributed by atoms with van der Waals surface area (Å²) < 4.78 is 0. The molecule has 4 nitrogen and oxygen atoms in total. The Balaban J connectivity index is 1.78. The first-order valence-electron chi connectivity index (χ1n) is 7.75. The van der Waals surface area contributed by atoms with Crippen molar-refractivity contribution < 1.29 is 9.59 Å². The minimum absolute atomic E-state index is 0.0175. The van der Waals surface area contributed by atoms with E-state index in [0.29, 0.717) is 5.92 Å². The molecule has 114 valence electrons. The second-order valence-electron chi connectivity index (χ2n) is 5.94. The van der Waals surface area contributed by atoms with Crippen LogP contribution < -0.4 is 5.32 Å². The molecule has 2 unspecified atom stereocenters. The average molecular weight is 298 g/mol. The van der Waals surface area contributed by atoms with Gasteiger partial charge in [-0.1, -0.05) is 12.8 Å². The van der Waals surface area contributed by atoms with Gasteiger partial charge in [0.1, 0.15) is 12.1 Å². The van der Waals surface area contributed by atoms with E-state index < -0.39 is 0 Å². The van der Waals surface area contributed by atoms with Gasteiger partial charge >= 0.3 is 0 Å². The summed E-state index contributed by atoms with van der Waals surface area (Å²) in [5.74, 6) is 1.77. The van der Waals surface area contributed by atoms with Crippen LogP contribution in [-0.2, 0) is 9.59 Å². The van der Waals surface area contributed by atoms with Gasteiger partial charge in [0.15, 0.2) is 0 Å². The molecule has 1 saturated heterocycles. The van der Waals surface area contributed by atoms with Crippen LogP contribution in [0.1, 0.15) is 45.4 Å². The van der Waals surface area contributed by atoms with Gasteiger partial charge < -0.3 is 10.2 Å². The lowest BCUT2D eigenvalue weighted by Crippen LogP contribution is -2.63. The molecule has 0 radical (unpaired) electrons. The Morgan fingerprint density at radius 1 is 1.20 bits per heavy atom. The molecule has 1 heterocycles. The highest BCUT2D eigenvalue weighted by atomic mass is 32.2. The maximum Gasteiger partial charge on any atom is 0.246 e. The van der Waals surface area contributed by atoms with Crippen molar-refractivity contribution >= 4 is 23.6 Å². The highest BCUT2D eigenvalue weighted by molar-refractivity contribution is 7.98. The fourth-order valence-electron chi connectivity index (χ4n) is 2.78. The Morgan fingerprint density at radius 2 is 1.90 bits per heavy atom. The van der Waals surface area contributed by atoms with Gasteiger partial charge in [-0.05, 0) is 50.5 Å². The Labute approximate surface area is 126 Å². The molecule has 2 rings (SSSR count). The smallest absolute Gasteiger partial charge is 0.246 e. The number of rotatable bonds is 8. The van der Waals surface area contributed by atoms with Crippen molar-refractivity contribution in [3.05, 3.63) is 0 Å². The van der Waals surface area contributed by atoms with Crippen LogP contribution in [0.3, 0.4) is 0 Å². The Bertz CT molecular complexity index is 358. The number of carbonyl (C=O) groups excluding carboxylic acids is 2. The van der Waals surface area contributed by atoms with Crippen LogP contribution in [0.4, 0.5) is 0 Å². The minimum Gasteiger partial charge on any atom is -0.342 e. The normalized spacial score (nSPS) is 26.8. The van der Waals surface area contributed by atoms with Crippen LogP contribution in [-0.4, -0.2) is 47.4 Å². The lowest BCUT2D eigenvalue weighted by molar-refractivity contribution is -0.149. The topological polar surface area (TPSA) is 49.4 Å². The van der Waals surface area contributed by atoms with Crippen molar-refractivity contribution in [1.29, 1.82) is 0 Å². The van der Waals surface area contributed by atoms with E-state index in [1.54, 1.807) is 4.90 Å². The molecule has 5 heteroatoms. The summed E-state index contributed by atoms with van der Waals surface area (Å²) in [4.78, 5) is 26.2. The third-order valence-corrected chi connectivity index (χ3v) is 4.98. The molecule has 1 aliphatic carbocycles. The Morgan fingerprint density at radius 3 is 2.55 bits per heavy atom. The molecule has 0 spiro atoms. The molecule has 2 amide bonds. The van der Waals surface area contributed by atoms with Crippen molar-refractivity contribution in [2.45, 2.75) is 57.5 Å². The number of thioether (sulfide) groups is 1. The standard InChI is InChI=1S/C15H26N2O2S/c1-11-14(18)16-13(12-7-8-12)15(19)17(11)9-5-3-4-6-10-20-2/h11-13H,3-10H2,1-2H3,(H,16,18). The largest absolute Gasteiger partial charge is 0.342 e. The van der Waals surface area contributed by atoms with Gasteiger partial charge in [0, 0.05) is 6.54 Å². The molecule has 2 aliphatic rings. The monoisotopic (exact) mass is 298 g/mol. The van der Waals surface area contributed by atoms with E-state index in [0.717, 1.165) is 32.2 Å². The molecule has 20 heavy (non-hydrogen) atoms. The van der Waals surface area contributed by atoms with E-state index in [9.17, 15) is 9.59 Å². The van der Waals surface area contributed by atoms with Crippen LogP contribution in [0.2, 0.25) is 0 Å². The summed E-state index contributed by atoms with van der Waals surface area (Å²) in [6.07, 6.45) is 8.90. The highest BCUT2D eigenvalue weighted by Crippen LogP contribution is 2.35. The molecule has 0 aromatic heterocycles. The molecular weight excluding hydrogens is 272 g/mol. The van der Waals surface area contributed by atoms with Crippen molar-refractivity contribution in [2.75, 3.05) is 18.6 Å². The van der Waals surface area contributed by atoms with E-state index in [1.807, 2.05) is 18.7 Å². The molecule has 0 aromatic carbocycles. The molecule has 0 bridgehead atoms. The number of hydrogen-bond acceptors (Lipinski definition) is 3. The number of carbonyl (C=O) groups is 2. The van der Waals surface area contributed by atoms with Crippen molar-refractivity contribution in [3.63, 3.8) is 0 Å². The fourth-order valence-corrected chi connectivity index (χ4v) is 3.27. The van der Waals surface area contributed by atoms with Crippen LogP contribution in [0.25, 0.3) is 0 Å². The van der Waals surface area contributed by atoms with E-state index in [-0.39, 0.29) is 23.9 Å². The number of amides is 2. The number of unbranched alkanes of at least 4 members (excludes halogenated alkanes) is 3. The van der Waals surface area contributed by atoms with Crippen LogP contribution >= 0.6 is 11.8 Å². The summed E-state index contributed by atoms with van der Waals surface area (Å²) in [5, 5.41) is 2.89. The molecular formula is C15H26N2O2S. The van der Waals surface area contributed by atoms with Crippen molar-refractivity contribution in [3.8, 4) is 0 Å². The first-order valence-corrected chi connectivity index (χ1v) is 9.14. The van der Waals surface area contributed by atoms with Crippen LogP contribution in [0.5, 0.6) is 0 Å². The van der Waals surface area contributed by atoms with Gasteiger partial charge in [0.25, 0.3) is 0 Å². The molecule has 1 aliphatic heterocycles. The molecule has 2 fully saturated rings. The van der Waals surface area contributed by atoms with E-state index in [2.05, 4.69) is 11.6 Å². The van der Waals surface area contributed by atoms with Gasteiger partial charge in [-0.3, -0.25) is 9.59 Å². The van der Waals surface area contributed by atoms with Gasteiger partial charge in [-0.2, -0.15) is 11.8 Å². The highest BCUT2D eigenvalue weighted by Gasteiger charge is 2.45. The Hall–Kier alpha value is -0.710. The lowest BCUT2D eigenvalue weighted by Gasteiger charge is -2.37. The number of hydrogen-bond donors (Lipinski definition) is 1. The molecule has 2 atom stereocenters. The first-order chi connectivity index (χ1) is 9.65. The number of nitrogens with zero attached hydrogens (tertiary/aromatic N) is 1. The van der Waals surface area contributed by atoms with Crippen LogP contribution in [0.15, 0.2) is 0 Å². The van der Waals surface area contributed by atoms with Gasteiger partial charge in [-0.15, -0.1) is 0 Å². The third-order valence-electron chi connectivity index (χ3n) is 4.28. The minimum atomic E-state index is -0.302. The van der Waals surface area contributed by atoms with Crippen molar-refractivity contribution in [1.82, 2.24) is 10.2 Å². The maximum atomic E-state index is 12.4. The predicted octanol–water partition coefficient (Wildman–Crippen LogP) is 2.04. The zero-order valence-corrected chi connectivity index (χ0v) is 13.4. The van der Waals surface area contributed by atoms with Crippen molar-refractivity contribution in [2.24, 2.45) is 5.92 Å². The summed E-state index contributed by atoms with van der Waals surface area (Å²) in [7, 11) is 0. The number of piperazine rings is 1. The lowest BCUT2D eigenvalue weighted by atomic mass is 10.0. The summed E-state index contributed by atoms with van der Waals surface area (Å²) >= 11 is 1.88. The Kier molecular flexibility index (Phi) is 5.75. The number of nitrogens with one attached hydrogen (secondary N) is 1. The summed E-state index contributed by atoms with van der Waals surface area (Å²) in [6, 6.07) is -0.543. The van der Waals surface area contributed by atoms with Gasteiger partial charge in [0.05, 0.1) is 0 Å². The SMILES string of the molecule is CSCCCCCCN1C(=O)C(C2CC2)NC(=O)C1C. The van der Waals surface area contributed by atoms with Gasteiger partial charge in [0.2, 0.25) is 11.8 Å². The fraction of sp³-hybridized carbons (Fsp3) is 0.867. The second-order valence-corrected chi connectivity index (χ2v) is 6.92. The predicted molar refractivity (Wildman–Crippen MR) is 82.7 cm³/mol. The average Bonchev–Trinajstić information content (AvgIpc) is 3.25. The quantitative estimate of drug-likeness (QED) is 0.698. The van der Waals surface area contributed by atoms with Gasteiger partial charge in [-0.25, -0.2) is 0 Å². The molecule has 1 N–H and O–H groups in total. The molecule has 1 saturated carbocycles. The summed E-state index contributed by atoms with van der Waals surface area (Å²) in [6.45, 7) is 2.57. The molecule has 0 aromatic rings. The zero-order chi connectivity index (χ0) is 14.5. The second kappa shape index (κ2) is 7.34. The van der Waals surface area contributed by atoms with E-state index >= 15 is 0 Å². The van der Waals surface area contributed by atoms with Crippen LogP contribution in [0, 0.1) is 5.92 Å². The first kappa shape index (κ1) is 15.7. The summed E-state index contributed by atoms with van der Waals surface area (Å²) in [5.41, 5.74) is 0.